The Kier molecular flexibility index (Phi) is 56.9. The van der Waals surface area contributed by atoms with Crippen molar-refractivity contribution in [2.75, 3.05) is 27.2 Å². The Morgan fingerprint density at radius 2 is 0.453 bits per heavy atom. The molecule has 10 aromatic carbocycles. The summed E-state index contributed by atoms with van der Waals surface area (Å²) in [6, 6.07) is 110. The van der Waals surface area contributed by atoms with Crippen molar-refractivity contribution < 1.29 is 87.1 Å². The fraction of sp³-hybridized carbons (Fsp3) is 0.337. The quantitative estimate of drug-likeness (QED) is 0.0283. The van der Waals surface area contributed by atoms with Gasteiger partial charge in [-0.15, -0.1) is 0 Å². The van der Waals surface area contributed by atoms with Gasteiger partial charge < -0.3 is 112 Å². The first-order valence-corrected chi connectivity index (χ1v) is 51.9. The van der Waals surface area contributed by atoms with E-state index in [2.05, 4.69) is 301 Å². The van der Waals surface area contributed by atoms with Crippen LogP contribution in [0.1, 0.15) is 128 Å². The van der Waals surface area contributed by atoms with Crippen LogP contribution < -0.4 is 65.4 Å². The maximum absolute atomic E-state index is 6.48. The normalized spacial score (nSPS) is 18.2. The second-order valence-electron chi connectivity index (χ2n) is 29.5. The fourth-order valence-corrected chi connectivity index (χ4v) is 30.0. The summed E-state index contributed by atoms with van der Waals surface area (Å²) in [5.41, 5.74) is 31.0. The molecule has 0 heterocycles. The van der Waals surface area contributed by atoms with E-state index < -0.39 is 31.7 Å². The number of hydrogen-bond acceptors (Lipinski definition) is 10. The molecule has 10 aromatic rings. The van der Waals surface area contributed by atoms with Crippen molar-refractivity contribution in [3.63, 3.8) is 0 Å². The first-order valence-electron chi connectivity index (χ1n) is 40.5. The van der Waals surface area contributed by atoms with Gasteiger partial charge in [-0.25, -0.2) is 0 Å². The van der Waals surface area contributed by atoms with Gasteiger partial charge in [-0.05, 0) is 199 Å². The third-order valence-corrected chi connectivity index (χ3v) is 36.8. The van der Waals surface area contributed by atoms with Gasteiger partial charge in [0.1, 0.15) is 0 Å². The minimum atomic E-state index is -0.774. The van der Waals surface area contributed by atoms with Crippen LogP contribution in [0.5, 0.6) is 0 Å². The first-order chi connectivity index (χ1) is 55.6. The average molecular weight is 2500 g/mol. The van der Waals surface area contributed by atoms with Gasteiger partial charge in [0.25, 0.3) is 0 Å². The summed E-state index contributed by atoms with van der Waals surface area (Å²) in [6.45, 7) is 7.47. The minimum absolute atomic E-state index is 0. The molecule has 0 spiro atoms. The number of nitrogens with zero attached hydrogens (tertiary/aromatic N) is 3. The summed E-state index contributed by atoms with van der Waals surface area (Å²) in [5, 5.41) is 12.0. The zero-order valence-electron chi connectivity index (χ0n) is 67.8. The molecule has 14 rings (SSSR count). The number of halogens is 1. The van der Waals surface area contributed by atoms with Gasteiger partial charge in [-0.1, -0.05) is 245 Å². The Hall–Kier alpha value is -2.66. The zero-order chi connectivity index (χ0) is 81.7. The van der Waals surface area contributed by atoms with Crippen molar-refractivity contribution in [1.29, 1.82) is 0 Å². The molecule has 117 heavy (non-hydrogen) atoms. The molecule has 0 amide bonds. The number of hydrogen-bond donors (Lipinski definition) is 4. The summed E-state index contributed by atoms with van der Waals surface area (Å²) in [5.74, 6) is 0. The molecule has 0 saturated heterocycles. The third-order valence-electron chi connectivity index (χ3n) is 21.5. The molecular formula is C95H122Au4ClN7P4S6+4. The van der Waals surface area contributed by atoms with Crippen LogP contribution in [-0.4, -0.2) is 102 Å². The van der Waals surface area contributed by atoms with Crippen molar-refractivity contribution in [3.05, 3.63) is 314 Å². The van der Waals surface area contributed by atoms with Crippen LogP contribution in [0.2, 0.25) is 0 Å². The molecule has 4 saturated carbocycles. The summed E-state index contributed by atoms with van der Waals surface area (Å²) in [4.78, 5) is 5.71. The zero-order valence-corrected chi connectivity index (χ0v) is 86.1. The van der Waals surface area contributed by atoms with Crippen molar-refractivity contribution in [1.82, 2.24) is 14.7 Å². The standard InChI is InChI=1S/4C18H22NP.C15H15NS2.C5H11NS2.C3H7NS2.4Au.ClH/c4*19-17-13-7-8-14-18(17)20(15-9-3-1-4-10-15)16-11-5-2-6-12-16;17-15(18)16(11-13-7-3-1-4-8-13)12-14-9-5-2-6-10-14;1-3-6(4-2)5(7)8;1-4(2)3(5)6;;;;;/h4*1-6,9-12,17-18H,7-8,13-14,19H2;1-10H,11-12H2,(H,17,18);3-4H2,1-2H3,(H,7,8);1-2H3,(H,5,6);;;;;1H/q;;;;;;;4*+1;/t4*17-,18-;;;;;;;;/m1111......../s1. The SMILES string of the molecule is CCN(CC)C(=S)[S-].CN(C)C(=S)[S-].N[C@@H]1CCCC[C@H]1[PH+](c1ccccc1)c1ccccc1.N[C@@H]1CCCC[C@H]1[PH+](c1ccccc1)c1ccccc1.N[C@@H]1CCCC[C@H]1[PH+](c1ccccc1)c1ccccc1.N[C@@H]1CCCC[C@H]1[PH+](c1ccccc1)c1ccccc1.S=C([S-])N(Cc1ccccc1)Cc1ccccc1.[Au+].[Au+].[Au+].[Cl][Au]. The molecule has 8 atom stereocenters. The average Bonchev–Trinajstić information content (AvgIpc) is 0.824. The first kappa shape index (κ1) is 107. The molecule has 0 bridgehead atoms. The molecule has 4 aliphatic rings. The van der Waals surface area contributed by atoms with Gasteiger partial charge in [-0.2, -0.15) is 0 Å². The van der Waals surface area contributed by atoms with E-state index >= 15 is 0 Å². The van der Waals surface area contributed by atoms with Crippen LogP contribution in [0.4, 0.5) is 0 Å². The molecule has 7 nitrogen and oxygen atoms in total. The molecule has 0 aliphatic heterocycles. The monoisotopic (exact) mass is 2500 g/mol. The molecule has 0 radical (unpaired) electrons. The van der Waals surface area contributed by atoms with Crippen LogP contribution in [0.25, 0.3) is 0 Å². The van der Waals surface area contributed by atoms with E-state index in [4.69, 9.17) is 72.6 Å². The number of rotatable bonds is 18. The van der Waals surface area contributed by atoms with E-state index in [0.717, 1.165) is 26.2 Å². The predicted octanol–water partition coefficient (Wildman–Crippen LogP) is 18.2. The molecular weight excluding hydrogens is 2380 g/mol. The molecule has 0 aromatic heterocycles. The number of nitrogens with two attached hydrogens (primary N) is 4. The van der Waals surface area contributed by atoms with Crippen LogP contribution in [0.15, 0.2) is 303 Å². The molecule has 4 fully saturated rings. The van der Waals surface area contributed by atoms with Crippen LogP contribution in [0.3, 0.4) is 0 Å². The third kappa shape index (κ3) is 37.6. The number of thiocarbonyl (C=S) groups is 3. The summed E-state index contributed by atoms with van der Waals surface area (Å²) in [6.07, 6.45) is 20.5. The van der Waals surface area contributed by atoms with Crippen LogP contribution >= 0.6 is 77.5 Å². The van der Waals surface area contributed by atoms with Gasteiger partial charge in [0.15, 0.2) is 0 Å². The van der Waals surface area contributed by atoms with Crippen molar-refractivity contribution in [2.45, 2.75) is 176 Å². The summed E-state index contributed by atoms with van der Waals surface area (Å²) < 4.78 is 1.60. The van der Waals surface area contributed by atoms with E-state index in [-0.39, 0.29) is 67.1 Å². The maximum atomic E-state index is 6.48. The van der Waals surface area contributed by atoms with Crippen molar-refractivity contribution in [3.8, 4) is 0 Å². The molecule has 22 heteroatoms. The Morgan fingerprint density at radius 1 is 0.299 bits per heavy atom. The van der Waals surface area contributed by atoms with Gasteiger partial charge in [0.05, 0.1) is 96.8 Å². The van der Waals surface area contributed by atoms with Gasteiger partial charge >= 0.3 is 96.3 Å². The Balaban J connectivity index is 0.000000292. The predicted molar refractivity (Wildman–Crippen MR) is 527 cm³/mol. The van der Waals surface area contributed by atoms with Gasteiger partial charge in [-0.3, -0.25) is 0 Å². The second-order valence-corrected chi connectivity index (χ2v) is 43.5. The van der Waals surface area contributed by atoms with Crippen molar-refractivity contribution >= 4 is 171 Å². The van der Waals surface area contributed by atoms with Gasteiger partial charge in [0, 0.05) is 64.4 Å². The van der Waals surface area contributed by atoms with Crippen LogP contribution in [0, 0.1) is 0 Å². The van der Waals surface area contributed by atoms with Crippen molar-refractivity contribution in [2.24, 2.45) is 22.9 Å². The summed E-state index contributed by atoms with van der Waals surface area (Å²) >= 11 is 30.7. The molecule has 640 valence electrons. The number of benzene rings is 10. The summed E-state index contributed by atoms with van der Waals surface area (Å²) in [7, 11) is 5.14. The van der Waals surface area contributed by atoms with E-state index in [1.54, 1.807) is 24.9 Å². The van der Waals surface area contributed by atoms with E-state index in [0.29, 0.717) is 59.8 Å². The molecule has 0 unspecified atom stereocenters. The second kappa shape index (κ2) is 62.5. The fourth-order valence-electron chi connectivity index (χ4n) is 15.7. The topological polar surface area (TPSA) is 114 Å². The van der Waals surface area contributed by atoms with E-state index in [9.17, 15) is 0 Å². The Morgan fingerprint density at radius 3 is 0.581 bits per heavy atom. The molecule has 8 N–H and O–H groups in total. The molecule has 4 aliphatic carbocycles. The van der Waals surface area contributed by atoms with Crippen LogP contribution in [-0.2, 0) is 138 Å². The Labute approximate surface area is 804 Å². The Bertz CT molecular complexity index is 3590. The van der Waals surface area contributed by atoms with Gasteiger partial charge in [0.2, 0.25) is 0 Å². The van der Waals surface area contributed by atoms with E-state index in [1.807, 2.05) is 74.1 Å². The van der Waals surface area contributed by atoms with E-state index in [1.165, 1.54) is 156 Å².